The zero-order chi connectivity index (χ0) is 18.6. The van der Waals surface area contributed by atoms with Crippen molar-refractivity contribution < 1.29 is 4.79 Å². The molecule has 5 heteroatoms. The van der Waals surface area contributed by atoms with Gasteiger partial charge < -0.3 is 11.1 Å². The molecule has 4 nitrogen and oxygen atoms in total. The molecule has 0 saturated heterocycles. The Morgan fingerprint density at radius 3 is 2.35 bits per heavy atom. The Morgan fingerprint density at radius 2 is 1.62 bits per heavy atom. The van der Waals surface area contributed by atoms with E-state index in [2.05, 4.69) is 48.5 Å². The highest BCUT2D eigenvalue weighted by molar-refractivity contribution is 7.82. The van der Waals surface area contributed by atoms with E-state index in [1.807, 2.05) is 18.2 Å². The van der Waals surface area contributed by atoms with Crippen molar-refractivity contribution >= 4 is 30.2 Å². The summed E-state index contributed by atoms with van der Waals surface area (Å²) in [7, 11) is 0. The van der Waals surface area contributed by atoms with Crippen LogP contribution in [0.3, 0.4) is 0 Å². The summed E-state index contributed by atoms with van der Waals surface area (Å²) >= 11 is 4.08. The van der Waals surface area contributed by atoms with Crippen molar-refractivity contribution in [1.29, 1.82) is 0 Å². The number of hydrogen-bond donors (Lipinski definition) is 3. The maximum Gasteiger partial charge on any atom is 0.329 e. The number of aryl methyl sites for hydroxylation is 1. The normalized spacial score (nSPS) is 10.5. The minimum atomic E-state index is -0.585. The van der Waals surface area contributed by atoms with Crippen molar-refractivity contribution in [3.8, 4) is 0 Å². The molecular weight excluding hydrogens is 342 g/mol. The Labute approximate surface area is 162 Å². The predicted octanol–water partition coefficient (Wildman–Crippen LogP) is 5.41. The van der Waals surface area contributed by atoms with Gasteiger partial charge in [-0.1, -0.05) is 74.9 Å². The molecule has 0 aliphatic heterocycles. The Balaban J connectivity index is 1.53. The average Bonchev–Trinajstić information content (AvgIpc) is 2.67. The lowest BCUT2D eigenvalue weighted by molar-refractivity contribution is 0.257. The number of amides is 2. The van der Waals surface area contributed by atoms with Gasteiger partial charge in [0, 0.05) is 12.2 Å². The second-order valence-electron chi connectivity index (χ2n) is 6.48. The molecule has 0 heterocycles. The van der Waals surface area contributed by atoms with Crippen molar-refractivity contribution in [2.24, 2.45) is 5.73 Å². The smallest absolute Gasteiger partial charge is 0.329 e. The fraction of sp³-hybridized carbons (Fsp3) is 0.381. The summed E-state index contributed by atoms with van der Waals surface area (Å²) in [5.74, 6) is 0. The van der Waals surface area contributed by atoms with Gasteiger partial charge in [-0.15, -0.1) is 0 Å². The first-order chi connectivity index (χ1) is 12.7. The van der Waals surface area contributed by atoms with E-state index in [9.17, 15) is 4.79 Å². The molecule has 26 heavy (non-hydrogen) atoms. The van der Waals surface area contributed by atoms with Crippen LogP contribution in [0.5, 0.6) is 0 Å². The molecule has 2 rings (SSSR count). The quantitative estimate of drug-likeness (QED) is 0.365. The third-order valence-corrected chi connectivity index (χ3v) is 4.79. The van der Waals surface area contributed by atoms with Crippen LogP contribution < -0.4 is 15.4 Å². The number of carbonyl (C=O) groups excluding carboxylic acids is 1. The van der Waals surface area contributed by atoms with Gasteiger partial charge in [0.25, 0.3) is 0 Å². The molecule has 0 aromatic heterocycles. The van der Waals surface area contributed by atoms with Crippen LogP contribution in [0.4, 0.5) is 16.2 Å². The molecule has 140 valence electrons. The maximum absolute atomic E-state index is 11.2. The molecule has 0 bridgehead atoms. The van der Waals surface area contributed by atoms with Gasteiger partial charge >= 0.3 is 6.03 Å². The van der Waals surface area contributed by atoms with E-state index in [1.165, 1.54) is 44.1 Å². The molecule has 3 N–H and O–H groups in total. The molecule has 0 unspecified atom stereocenters. The number of unbranched alkanes of at least 4 members (excludes halogenated alkanes) is 5. The van der Waals surface area contributed by atoms with Gasteiger partial charge in [0.15, 0.2) is 0 Å². The van der Waals surface area contributed by atoms with Crippen LogP contribution in [-0.2, 0) is 6.42 Å². The lowest BCUT2D eigenvalue weighted by atomic mass is 10.1. The summed E-state index contributed by atoms with van der Waals surface area (Å²) in [4.78, 5) is 11.2. The monoisotopic (exact) mass is 371 g/mol. The molecule has 0 fully saturated rings. The Hall–Kier alpha value is -2.14. The predicted molar refractivity (Wildman–Crippen MR) is 114 cm³/mol. The molecule has 0 aliphatic carbocycles. The van der Waals surface area contributed by atoms with Gasteiger partial charge in [0.05, 0.1) is 5.69 Å². The van der Waals surface area contributed by atoms with E-state index in [-0.39, 0.29) is 0 Å². The number of hydrogen-bond acceptors (Lipinski definition) is 3. The second kappa shape index (κ2) is 11.5. The van der Waals surface area contributed by atoms with E-state index < -0.39 is 6.03 Å². The van der Waals surface area contributed by atoms with Crippen LogP contribution in [0.1, 0.15) is 44.1 Å². The first-order valence-corrected chi connectivity index (χ1v) is 9.73. The summed E-state index contributed by atoms with van der Waals surface area (Å²) in [6, 6.07) is 17.7. The number of urea groups is 1. The number of benzene rings is 2. The van der Waals surface area contributed by atoms with Crippen LogP contribution in [0, 0.1) is 0 Å². The van der Waals surface area contributed by atoms with Crippen LogP contribution in [0.15, 0.2) is 54.6 Å². The zero-order valence-electron chi connectivity index (χ0n) is 15.2. The highest BCUT2D eigenvalue weighted by Crippen LogP contribution is 2.20. The van der Waals surface area contributed by atoms with Crippen molar-refractivity contribution in [2.75, 3.05) is 16.2 Å². The van der Waals surface area contributed by atoms with Crippen LogP contribution >= 0.6 is 12.8 Å². The van der Waals surface area contributed by atoms with E-state index in [4.69, 9.17) is 5.73 Å². The molecule has 0 radical (unpaired) electrons. The number of nitrogens with one attached hydrogen (secondary N) is 1. The van der Waals surface area contributed by atoms with Gasteiger partial charge in [0.2, 0.25) is 0 Å². The lowest BCUT2D eigenvalue weighted by Gasteiger charge is -2.14. The lowest BCUT2D eigenvalue weighted by Crippen LogP contribution is -2.27. The van der Waals surface area contributed by atoms with E-state index in [0.717, 1.165) is 23.0 Å². The van der Waals surface area contributed by atoms with Gasteiger partial charge in [-0.05, 0) is 43.0 Å². The summed E-state index contributed by atoms with van der Waals surface area (Å²) in [5.41, 5.74) is 8.32. The Morgan fingerprint density at radius 1 is 0.923 bits per heavy atom. The molecule has 2 amide bonds. The highest BCUT2D eigenvalue weighted by atomic mass is 32.1. The largest absolute Gasteiger partial charge is 0.385 e. The molecule has 0 saturated carbocycles. The van der Waals surface area contributed by atoms with Crippen molar-refractivity contribution in [3.63, 3.8) is 0 Å². The first-order valence-electron chi connectivity index (χ1n) is 9.33. The fourth-order valence-electron chi connectivity index (χ4n) is 2.91. The SMILES string of the molecule is NC(=O)N(S)c1cccc(NCCCCCCCCc2ccccc2)c1. The highest BCUT2D eigenvalue weighted by Gasteiger charge is 2.07. The Kier molecular flexibility index (Phi) is 8.90. The number of rotatable bonds is 11. The molecule has 0 spiro atoms. The number of primary amides is 1. The maximum atomic E-state index is 11.2. The number of nitrogens with zero attached hydrogens (tertiary/aromatic N) is 1. The molecule has 2 aromatic rings. The van der Waals surface area contributed by atoms with Gasteiger partial charge in [0.1, 0.15) is 0 Å². The minimum absolute atomic E-state index is 0.585. The number of carbonyl (C=O) groups is 1. The number of nitrogens with two attached hydrogens (primary N) is 1. The van der Waals surface area contributed by atoms with Gasteiger partial charge in [-0.2, -0.15) is 0 Å². The van der Waals surface area contributed by atoms with Gasteiger partial charge in [-0.3, -0.25) is 0 Å². The fourth-order valence-corrected chi connectivity index (χ4v) is 3.04. The van der Waals surface area contributed by atoms with E-state index in [0.29, 0.717) is 5.69 Å². The number of anilines is 2. The standard InChI is InChI=1S/C21H29N3OS/c22-21(25)24(26)20-15-10-14-19(17-20)23-16-9-4-2-1-3-6-11-18-12-7-5-8-13-18/h5,7-8,10,12-15,17,23,26H,1-4,6,9,11,16H2,(H2,22,25). The molecule has 0 aliphatic rings. The topological polar surface area (TPSA) is 58.4 Å². The third-order valence-electron chi connectivity index (χ3n) is 4.36. The van der Waals surface area contributed by atoms with E-state index in [1.54, 1.807) is 6.07 Å². The zero-order valence-corrected chi connectivity index (χ0v) is 16.1. The summed E-state index contributed by atoms with van der Waals surface area (Å²) in [6.07, 6.45) is 8.72. The third kappa shape index (κ3) is 7.40. The van der Waals surface area contributed by atoms with Crippen LogP contribution in [0.25, 0.3) is 0 Å². The summed E-state index contributed by atoms with van der Waals surface area (Å²) in [5, 5.41) is 3.39. The van der Waals surface area contributed by atoms with Gasteiger partial charge in [-0.25, -0.2) is 9.10 Å². The average molecular weight is 372 g/mol. The molecule has 2 aromatic carbocycles. The van der Waals surface area contributed by atoms with Crippen LogP contribution in [0.2, 0.25) is 0 Å². The van der Waals surface area contributed by atoms with Crippen molar-refractivity contribution in [1.82, 2.24) is 0 Å². The molecular formula is C21H29N3OS. The molecule has 0 atom stereocenters. The minimum Gasteiger partial charge on any atom is -0.385 e. The Bertz CT molecular complexity index is 663. The first kappa shape index (κ1) is 20.2. The van der Waals surface area contributed by atoms with Crippen molar-refractivity contribution in [2.45, 2.75) is 44.9 Å². The summed E-state index contributed by atoms with van der Waals surface area (Å²) in [6.45, 7) is 0.927. The van der Waals surface area contributed by atoms with E-state index >= 15 is 0 Å². The van der Waals surface area contributed by atoms with Crippen LogP contribution in [-0.4, -0.2) is 12.6 Å². The van der Waals surface area contributed by atoms with Crippen molar-refractivity contribution in [3.05, 3.63) is 60.2 Å². The summed E-state index contributed by atoms with van der Waals surface area (Å²) < 4.78 is 1.14. The number of thiol groups is 1. The second-order valence-corrected chi connectivity index (χ2v) is 6.88.